The Kier molecular flexibility index (Phi) is 6.14. The Morgan fingerprint density at radius 1 is 1.26 bits per heavy atom. The maximum Gasteiger partial charge on any atom is 0.409 e. The SMILES string of the molecule is Cc1nc(-c2nnn(C)c2COC(=O)N(C)CC2CCC2)ccc1O[C@H]1CC2CC(C(=O)O)(C2)C1. The average molecular weight is 484 g/mol. The zero-order valence-electron chi connectivity index (χ0n) is 20.6. The highest BCUT2D eigenvalue weighted by Gasteiger charge is 2.56. The minimum Gasteiger partial charge on any atom is -0.488 e. The van der Waals surface area contributed by atoms with Crippen molar-refractivity contribution in [3.05, 3.63) is 23.5 Å². The monoisotopic (exact) mass is 483 g/mol. The molecule has 0 unspecified atom stereocenters. The number of carbonyl (C=O) groups excluding carboxylic acids is 1. The van der Waals surface area contributed by atoms with E-state index in [9.17, 15) is 14.7 Å². The third-order valence-corrected chi connectivity index (χ3v) is 7.94. The Balaban J connectivity index is 1.24. The van der Waals surface area contributed by atoms with E-state index < -0.39 is 11.4 Å². The number of amides is 1. The number of hydrogen-bond acceptors (Lipinski definition) is 7. The Hall–Kier alpha value is -3.17. The highest BCUT2D eigenvalue weighted by Crippen LogP contribution is 2.56. The Morgan fingerprint density at radius 2 is 2.03 bits per heavy atom. The van der Waals surface area contributed by atoms with E-state index >= 15 is 0 Å². The second kappa shape index (κ2) is 9.13. The summed E-state index contributed by atoms with van der Waals surface area (Å²) in [7, 11) is 3.52. The minimum atomic E-state index is -0.711. The van der Waals surface area contributed by atoms with Crippen LogP contribution in [0, 0.1) is 24.2 Å². The summed E-state index contributed by atoms with van der Waals surface area (Å²) in [5, 5.41) is 18.0. The average Bonchev–Trinajstić information content (AvgIpc) is 3.15. The highest BCUT2D eigenvalue weighted by molar-refractivity contribution is 5.76. The van der Waals surface area contributed by atoms with Crippen molar-refractivity contribution < 1.29 is 24.2 Å². The molecule has 0 aromatic carbocycles. The molecule has 2 heterocycles. The predicted octanol–water partition coefficient (Wildman–Crippen LogP) is 3.58. The minimum absolute atomic E-state index is 0.0480. The smallest absolute Gasteiger partial charge is 0.409 e. The molecule has 1 atom stereocenters. The maximum atomic E-state index is 12.4. The number of pyridine rings is 1. The third-order valence-electron chi connectivity index (χ3n) is 7.94. The molecule has 10 heteroatoms. The van der Waals surface area contributed by atoms with E-state index in [0.29, 0.717) is 53.3 Å². The molecule has 6 rings (SSSR count). The van der Waals surface area contributed by atoms with Crippen LogP contribution in [0.2, 0.25) is 0 Å². The molecule has 188 valence electrons. The Bertz CT molecular complexity index is 1120. The van der Waals surface area contributed by atoms with Gasteiger partial charge in [0.25, 0.3) is 0 Å². The number of nitrogens with zero attached hydrogens (tertiary/aromatic N) is 5. The first-order valence-corrected chi connectivity index (χ1v) is 12.4. The quantitative estimate of drug-likeness (QED) is 0.605. The van der Waals surface area contributed by atoms with Gasteiger partial charge in [0.15, 0.2) is 0 Å². The molecule has 0 saturated heterocycles. The molecular weight excluding hydrogens is 450 g/mol. The molecule has 4 saturated carbocycles. The summed E-state index contributed by atoms with van der Waals surface area (Å²) < 4.78 is 13.3. The van der Waals surface area contributed by atoms with Crippen LogP contribution in [0.1, 0.15) is 56.3 Å². The molecule has 1 amide bonds. The van der Waals surface area contributed by atoms with Crippen molar-refractivity contribution in [2.24, 2.45) is 24.3 Å². The molecule has 4 aliphatic rings. The molecule has 4 fully saturated rings. The van der Waals surface area contributed by atoms with Gasteiger partial charge >= 0.3 is 12.1 Å². The van der Waals surface area contributed by atoms with Crippen molar-refractivity contribution in [1.82, 2.24) is 24.9 Å². The molecule has 0 aliphatic heterocycles. The van der Waals surface area contributed by atoms with E-state index in [0.717, 1.165) is 19.3 Å². The molecule has 2 aromatic heterocycles. The van der Waals surface area contributed by atoms with E-state index in [1.807, 2.05) is 19.1 Å². The number of aromatic nitrogens is 4. The first-order valence-electron chi connectivity index (χ1n) is 12.4. The summed E-state index contributed by atoms with van der Waals surface area (Å²) in [6.07, 6.45) is 6.02. The van der Waals surface area contributed by atoms with Gasteiger partial charge in [0.05, 0.1) is 16.8 Å². The van der Waals surface area contributed by atoms with Crippen LogP contribution in [-0.2, 0) is 23.2 Å². The van der Waals surface area contributed by atoms with Crippen molar-refractivity contribution in [3.63, 3.8) is 0 Å². The normalized spacial score (nSPS) is 25.3. The van der Waals surface area contributed by atoms with Crippen LogP contribution < -0.4 is 4.74 Å². The van der Waals surface area contributed by atoms with Gasteiger partial charge in [-0.05, 0) is 63.0 Å². The second-order valence-corrected chi connectivity index (χ2v) is 10.6. The van der Waals surface area contributed by atoms with Gasteiger partial charge in [-0.25, -0.2) is 14.5 Å². The lowest BCUT2D eigenvalue weighted by atomic mass is 9.53. The first-order chi connectivity index (χ1) is 16.7. The number of aryl methyl sites for hydroxylation is 2. The van der Waals surface area contributed by atoms with Crippen molar-refractivity contribution in [3.8, 4) is 17.1 Å². The molecular formula is C25H33N5O5. The molecule has 2 aromatic rings. The topological polar surface area (TPSA) is 120 Å². The lowest BCUT2D eigenvalue weighted by molar-refractivity contribution is -0.169. The van der Waals surface area contributed by atoms with E-state index in [1.165, 1.54) is 19.3 Å². The number of rotatable bonds is 8. The fourth-order valence-corrected chi connectivity index (χ4v) is 5.72. The van der Waals surface area contributed by atoms with E-state index in [4.69, 9.17) is 9.47 Å². The first kappa shape index (κ1) is 23.6. The fraction of sp³-hybridized carbons (Fsp3) is 0.640. The van der Waals surface area contributed by atoms with Crippen molar-refractivity contribution in [2.75, 3.05) is 13.6 Å². The van der Waals surface area contributed by atoms with Crippen LogP contribution in [0.15, 0.2) is 12.1 Å². The van der Waals surface area contributed by atoms with Crippen LogP contribution in [0.25, 0.3) is 11.4 Å². The third kappa shape index (κ3) is 4.58. The Labute approximate surface area is 204 Å². The summed E-state index contributed by atoms with van der Waals surface area (Å²) in [4.78, 5) is 30.4. The number of carboxylic acids is 1. The zero-order valence-corrected chi connectivity index (χ0v) is 20.6. The number of carboxylic acid groups (broad SMARTS) is 1. The van der Waals surface area contributed by atoms with Crippen LogP contribution in [-0.4, -0.2) is 61.7 Å². The molecule has 10 nitrogen and oxygen atoms in total. The van der Waals surface area contributed by atoms with Crippen molar-refractivity contribution in [2.45, 2.75) is 64.6 Å². The number of carbonyl (C=O) groups is 2. The molecule has 4 aliphatic carbocycles. The van der Waals surface area contributed by atoms with Crippen LogP contribution in [0.4, 0.5) is 4.79 Å². The van der Waals surface area contributed by atoms with Gasteiger partial charge in [-0.15, -0.1) is 5.10 Å². The predicted molar refractivity (Wildman–Crippen MR) is 126 cm³/mol. The molecule has 0 radical (unpaired) electrons. The molecule has 35 heavy (non-hydrogen) atoms. The van der Waals surface area contributed by atoms with Gasteiger partial charge in [-0.1, -0.05) is 11.6 Å². The number of fused-ring (bicyclic) bond motifs is 2. The largest absolute Gasteiger partial charge is 0.488 e. The van der Waals surface area contributed by atoms with Gasteiger partial charge in [-0.3, -0.25) is 4.79 Å². The van der Waals surface area contributed by atoms with Crippen molar-refractivity contribution in [1.29, 1.82) is 0 Å². The van der Waals surface area contributed by atoms with E-state index in [1.54, 1.807) is 23.7 Å². The maximum absolute atomic E-state index is 12.4. The summed E-state index contributed by atoms with van der Waals surface area (Å²) in [6.45, 7) is 2.63. The standard InChI is InChI=1S/C25H33N5O5/c1-15-21(35-18-9-17-10-25(11-17,12-18)23(31)32)8-7-19(26-15)22-20(30(3)28-27-22)14-34-24(33)29(2)13-16-5-4-6-16/h7-8,16-18H,4-6,9-14H2,1-3H3,(H,31,32)/t17?,18-,25?/m0/s1. The van der Waals surface area contributed by atoms with E-state index in [-0.39, 0.29) is 18.8 Å². The zero-order chi connectivity index (χ0) is 24.7. The molecule has 1 N–H and O–H groups in total. The molecule has 0 spiro atoms. The van der Waals surface area contributed by atoms with Gasteiger partial charge in [0.1, 0.15) is 29.8 Å². The number of ether oxygens (including phenoxy) is 2. The highest BCUT2D eigenvalue weighted by atomic mass is 16.6. The van der Waals surface area contributed by atoms with Crippen LogP contribution in [0.3, 0.4) is 0 Å². The molecule has 2 bridgehead atoms. The van der Waals surface area contributed by atoms with Crippen LogP contribution >= 0.6 is 0 Å². The van der Waals surface area contributed by atoms with Gasteiger partial charge in [0.2, 0.25) is 0 Å². The van der Waals surface area contributed by atoms with Gasteiger partial charge in [0, 0.05) is 27.1 Å². The summed E-state index contributed by atoms with van der Waals surface area (Å²) in [6, 6.07) is 3.67. The lowest BCUT2D eigenvalue weighted by Gasteiger charge is -2.52. The summed E-state index contributed by atoms with van der Waals surface area (Å²) in [5.74, 6) is 0.936. The van der Waals surface area contributed by atoms with Crippen molar-refractivity contribution >= 4 is 12.1 Å². The number of hydrogen-bond donors (Lipinski definition) is 1. The Morgan fingerprint density at radius 3 is 2.69 bits per heavy atom. The second-order valence-electron chi connectivity index (χ2n) is 10.6. The van der Waals surface area contributed by atoms with Crippen LogP contribution in [0.5, 0.6) is 5.75 Å². The summed E-state index contributed by atoms with van der Waals surface area (Å²) in [5.41, 5.74) is 1.91. The lowest BCUT2D eigenvalue weighted by Crippen LogP contribution is -2.52. The van der Waals surface area contributed by atoms with Gasteiger partial charge in [-0.2, -0.15) is 0 Å². The van der Waals surface area contributed by atoms with E-state index in [2.05, 4.69) is 15.3 Å². The van der Waals surface area contributed by atoms with Gasteiger partial charge < -0.3 is 19.5 Å². The number of aliphatic carboxylic acids is 1. The summed E-state index contributed by atoms with van der Waals surface area (Å²) >= 11 is 0. The fourth-order valence-electron chi connectivity index (χ4n) is 5.72.